The van der Waals surface area contributed by atoms with Gasteiger partial charge in [-0.1, -0.05) is 23.7 Å². The Morgan fingerprint density at radius 3 is 2.40 bits per heavy atom. The molecule has 2 aromatic carbocycles. The number of likely N-dealkylation sites (tertiary alicyclic amines) is 1. The van der Waals surface area contributed by atoms with Crippen LogP contribution in [-0.2, 0) is 0 Å². The number of phenolic OH excluding ortho intramolecular Hbond substituents is 1. The van der Waals surface area contributed by atoms with Crippen LogP contribution in [0, 0.1) is 5.92 Å². The number of carbonyl (C=O) groups excluding carboxylic acids is 1. The highest BCUT2D eigenvalue weighted by atomic mass is 35.5. The van der Waals surface area contributed by atoms with E-state index in [1.807, 2.05) is 18.2 Å². The molecule has 3 aliphatic rings. The number of Topliss-reactive ketones (excluding diaryl/α,β-unsaturated/α-hetero) is 1. The largest absolute Gasteiger partial charge is 0.506 e. The van der Waals surface area contributed by atoms with Crippen LogP contribution in [-0.4, -0.2) is 45.9 Å². The number of hydrogen-bond acceptors (Lipinski definition) is 5. The van der Waals surface area contributed by atoms with Gasteiger partial charge in [0.2, 0.25) is 0 Å². The van der Waals surface area contributed by atoms with Crippen molar-refractivity contribution in [3.05, 3.63) is 53.2 Å². The summed E-state index contributed by atoms with van der Waals surface area (Å²) in [4.78, 5) is 20.6. The van der Waals surface area contributed by atoms with Crippen LogP contribution in [0.15, 0.2) is 42.6 Å². The van der Waals surface area contributed by atoms with Crippen LogP contribution in [0.25, 0.3) is 22.0 Å². The normalized spacial score (nSPS) is 23.0. The average molecular weight is 490 g/mol. The van der Waals surface area contributed by atoms with E-state index in [1.54, 1.807) is 18.3 Å². The van der Waals surface area contributed by atoms with Crippen molar-refractivity contribution in [1.29, 1.82) is 0 Å². The van der Waals surface area contributed by atoms with Gasteiger partial charge in [-0.2, -0.15) is 0 Å². The lowest BCUT2D eigenvalue weighted by Crippen LogP contribution is -2.39. The Bertz CT molecular complexity index is 1260. The van der Waals surface area contributed by atoms with Gasteiger partial charge in [0.1, 0.15) is 5.75 Å². The maximum absolute atomic E-state index is 13.2. The molecule has 0 unspecified atom stereocenters. The van der Waals surface area contributed by atoms with Crippen molar-refractivity contribution in [2.24, 2.45) is 5.92 Å². The van der Waals surface area contributed by atoms with Gasteiger partial charge in [-0.05, 0) is 99.8 Å². The molecule has 0 radical (unpaired) electrons. The third-order valence-electron chi connectivity index (χ3n) is 8.06. The van der Waals surface area contributed by atoms with Crippen LogP contribution >= 0.6 is 11.6 Å². The van der Waals surface area contributed by atoms with E-state index in [1.165, 1.54) is 38.8 Å². The Labute approximate surface area is 211 Å². The van der Waals surface area contributed by atoms with Gasteiger partial charge in [-0.25, -0.2) is 0 Å². The molecule has 3 fully saturated rings. The smallest absolute Gasteiger partial charge is 0.169 e. The highest BCUT2D eigenvalue weighted by Crippen LogP contribution is 2.39. The van der Waals surface area contributed by atoms with Crippen LogP contribution in [0.4, 0.5) is 5.69 Å². The molecule has 2 aliphatic carbocycles. The number of fused-ring (bicyclic) bond motifs is 1. The van der Waals surface area contributed by atoms with Crippen LogP contribution in [0.3, 0.4) is 0 Å². The maximum Gasteiger partial charge on any atom is 0.169 e. The van der Waals surface area contributed by atoms with E-state index in [9.17, 15) is 9.90 Å². The van der Waals surface area contributed by atoms with Gasteiger partial charge in [-0.3, -0.25) is 9.78 Å². The molecule has 2 N–H and O–H groups in total. The third kappa shape index (κ3) is 4.64. The van der Waals surface area contributed by atoms with Gasteiger partial charge in [0.25, 0.3) is 0 Å². The summed E-state index contributed by atoms with van der Waals surface area (Å²) >= 11 is 6.19. The first kappa shape index (κ1) is 22.8. The summed E-state index contributed by atoms with van der Waals surface area (Å²) in [6.45, 7) is 2.50. The molecule has 2 heterocycles. The molecule has 0 atom stereocenters. The maximum atomic E-state index is 13.2. The first-order chi connectivity index (χ1) is 17.1. The second-order valence-electron chi connectivity index (χ2n) is 10.5. The van der Waals surface area contributed by atoms with Crippen molar-refractivity contribution in [3.8, 4) is 16.9 Å². The lowest BCUT2D eigenvalue weighted by Gasteiger charge is -2.35. The molecular weight excluding hydrogens is 458 g/mol. The molecule has 35 heavy (non-hydrogen) atoms. The van der Waals surface area contributed by atoms with E-state index in [-0.39, 0.29) is 17.5 Å². The first-order valence-electron chi connectivity index (χ1n) is 13.0. The lowest BCUT2D eigenvalue weighted by molar-refractivity contribution is 0.0968. The zero-order valence-corrected chi connectivity index (χ0v) is 20.7. The number of anilines is 1. The summed E-state index contributed by atoms with van der Waals surface area (Å²) in [6, 6.07) is 12.5. The SMILES string of the molecule is O=C(c1cnc2ccc(-c3ccc(O)c(Cl)c3)cc2c1N[C@H]1CC[C@H](N2CCCC2)CC1)C1CC1. The zero-order chi connectivity index (χ0) is 23.9. The Hall–Kier alpha value is -2.63. The fourth-order valence-electron chi connectivity index (χ4n) is 5.86. The Kier molecular flexibility index (Phi) is 6.15. The minimum atomic E-state index is 0.0714. The topological polar surface area (TPSA) is 65.5 Å². The second kappa shape index (κ2) is 9.44. The Morgan fingerprint density at radius 2 is 1.69 bits per heavy atom. The number of halogens is 1. The molecular formula is C29H32ClN3O2. The molecule has 6 rings (SSSR count). The van der Waals surface area contributed by atoms with Gasteiger partial charge >= 0.3 is 0 Å². The van der Waals surface area contributed by atoms with Gasteiger partial charge in [0.05, 0.1) is 21.8 Å². The number of nitrogens with zero attached hydrogens (tertiary/aromatic N) is 2. The van der Waals surface area contributed by atoms with Crippen LogP contribution < -0.4 is 5.32 Å². The van der Waals surface area contributed by atoms with Crippen LogP contribution in [0.1, 0.15) is 61.7 Å². The predicted octanol–water partition coefficient (Wildman–Crippen LogP) is 6.67. The highest BCUT2D eigenvalue weighted by Gasteiger charge is 2.34. The van der Waals surface area contributed by atoms with E-state index < -0.39 is 0 Å². The summed E-state index contributed by atoms with van der Waals surface area (Å²) in [5, 5.41) is 15.0. The predicted molar refractivity (Wildman–Crippen MR) is 141 cm³/mol. The van der Waals surface area contributed by atoms with Crippen molar-refractivity contribution in [2.75, 3.05) is 18.4 Å². The van der Waals surface area contributed by atoms with Crippen molar-refractivity contribution in [3.63, 3.8) is 0 Å². The summed E-state index contributed by atoms with van der Waals surface area (Å²) in [7, 11) is 0. The molecule has 0 amide bonds. The lowest BCUT2D eigenvalue weighted by atomic mass is 9.89. The third-order valence-corrected chi connectivity index (χ3v) is 8.37. The van der Waals surface area contributed by atoms with E-state index >= 15 is 0 Å². The molecule has 182 valence electrons. The van der Waals surface area contributed by atoms with Crippen molar-refractivity contribution in [2.45, 2.75) is 63.5 Å². The van der Waals surface area contributed by atoms with Crippen LogP contribution in [0.5, 0.6) is 5.75 Å². The van der Waals surface area contributed by atoms with Crippen LogP contribution in [0.2, 0.25) is 5.02 Å². The Morgan fingerprint density at radius 1 is 0.971 bits per heavy atom. The van der Waals surface area contributed by atoms with E-state index in [2.05, 4.69) is 21.3 Å². The summed E-state index contributed by atoms with van der Waals surface area (Å²) in [5.41, 5.74) is 4.44. The first-order valence-corrected chi connectivity index (χ1v) is 13.4. The molecule has 5 nitrogen and oxygen atoms in total. The number of hydrogen-bond donors (Lipinski definition) is 2. The standard InChI is InChI=1S/C29H32ClN3O2/c30-25-16-20(6-12-27(25)34)19-5-11-26-23(15-19)28(24(17-31-26)29(35)18-3-4-18)32-21-7-9-22(10-8-21)33-13-1-2-14-33/h5-6,11-12,15-18,21-22,34H,1-4,7-10,13-14H2,(H,31,32)/t21-,22-. The molecule has 3 aromatic rings. The molecule has 2 saturated carbocycles. The number of ketones is 1. The van der Waals surface area contributed by atoms with Gasteiger partial charge in [0, 0.05) is 29.6 Å². The fourth-order valence-corrected chi connectivity index (χ4v) is 6.04. The zero-order valence-electron chi connectivity index (χ0n) is 20.0. The number of carbonyl (C=O) groups is 1. The number of aromatic hydroxyl groups is 1. The van der Waals surface area contributed by atoms with E-state index in [4.69, 9.17) is 11.6 Å². The van der Waals surface area contributed by atoms with E-state index in [0.717, 1.165) is 59.0 Å². The number of aromatic nitrogens is 1. The van der Waals surface area contributed by atoms with Gasteiger partial charge in [0.15, 0.2) is 5.78 Å². The number of rotatable bonds is 6. The van der Waals surface area contributed by atoms with E-state index in [0.29, 0.717) is 17.1 Å². The van der Waals surface area contributed by atoms with Gasteiger partial charge < -0.3 is 15.3 Å². The molecule has 1 aromatic heterocycles. The minimum absolute atomic E-state index is 0.0714. The molecule has 0 bridgehead atoms. The molecule has 1 aliphatic heterocycles. The van der Waals surface area contributed by atoms with Crippen molar-refractivity contribution in [1.82, 2.24) is 9.88 Å². The molecule has 0 spiro atoms. The van der Waals surface area contributed by atoms with Crippen molar-refractivity contribution < 1.29 is 9.90 Å². The summed E-state index contributed by atoms with van der Waals surface area (Å²) < 4.78 is 0. The number of nitrogens with one attached hydrogen (secondary N) is 1. The van der Waals surface area contributed by atoms with Gasteiger partial charge in [-0.15, -0.1) is 0 Å². The highest BCUT2D eigenvalue weighted by molar-refractivity contribution is 6.32. The quantitative estimate of drug-likeness (QED) is 0.378. The monoisotopic (exact) mass is 489 g/mol. The number of phenols is 1. The number of pyridine rings is 1. The number of benzene rings is 2. The second-order valence-corrected chi connectivity index (χ2v) is 10.9. The Balaban J connectivity index is 1.34. The van der Waals surface area contributed by atoms with Crippen molar-refractivity contribution >= 4 is 34.0 Å². The minimum Gasteiger partial charge on any atom is -0.506 e. The fraction of sp³-hybridized carbons (Fsp3) is 0.448. The molecule has 1 saturated heterocycles. The summed E-state index contributed by atoms with van der Waals surface area (Å²) in [6.07, 6.45) is 11.1. The summed E-state index contributed by atoms with van der Waals surface area (Å²) in [5.74, 6) is 0.424. The molecule has 6 heteroatoms. The average Bonchev–Trinajstić information content (AvgIpc) is 3.59.